The summed E-state index contributed by atoms with van der Waals surface area (Å²) < 4.78 is 0. The summed E-state index contributed by atoms with van der Waals surface area (Å²) in [5.41, 5.74) is 0.761. The van der Waals surface area contributed by atoms with Gasteiger partial charge in [0, 0.05) is 19.3 Å². The van der Waals surface area contributed by atoms with Crippen LogP contribution < -0.4 is 0 Å². The third kappa shape index (κ3) is 3.39. The Morgan fingerprint density at radius 2 is 1.83 bits per heavy atom. The Kier molecular flexibility index (Phi) is 5.66. The van der Waals surface area contributed by atoms with Crippen LogP contribution in [0.25, 0.3) is 0 Å². The second-order valence-corrected chi connectivity index (χ2v) is 11.8. The summed E-state index contributed by atoms with van der Waals surface area (Å²) in [5, 5.41) is 9.15. The van der Waals surface area contributed by atoms with Crippen LogP contribution in [0.4, 0.5) is 0 Å². The summed E-state index contributed by atoms with van der Waals surface area (Å²) in [6.07, 6.45) is 11.8. The van der Waals surface area contributed by atoms with Gasteiger partial charge in [0.15, 0.2) is 0 Å². The van der Waals surface area contributed by atoms with Crippen molar-refractivity contribution >= 4 is 11.8 Å². The topological polar surface area (TPSA) is 54.4 Å². The fourth-order valence-corrected chi connectivity index (χ4v) is 9.27. The first-order valence-corrected chi connectivity index (χ1v) is 12.4. The second-order valence-electron chi connectivity index (χ2n) is 11.8. The predicted octanol–water partition coefficient (Wildman–Crippen LogP) is 6.35. The molecule has 0 spiro atoms. The smallest absolute Gasteiger partial charge is 0.303 e. The minimum absolute atomic E-state index is 0.316. The second kappa shape index (κ2) is 7.68. The Morgan fingerprint density at radius 3 is 2.52 bits per heavy atom. The molecule has 0 aromatic carbocycles. The predicted molar refractivity (Wildman–Crippen MR) is 115 cm³/mol. The van der Waals surface area contributed by atoms with Crippen LogP contribution >= 0.6 is 0 Å². The Morgan fingerprint density at radius 1 is 1.10 bits per heavy atom. The summed E-state index contributed by atoms with van der Waals surface area (Å²) in [6.45, 7) is 9.77. The first kappa shape index (κ1) is 21.4. The molecule has 29 heavy (non-hydrogen) atoms. The van der Waals surface area contributed by atoms with Gasteiger partial charge in [0.25, 0.3) is 0 Å². The molecule has 0 aromatic heterocycles. The van der Waals surface area contributed by atoms with Crippen molar-refractivity contribution in [3.63, 3.8) is 0 Å². The third-order valence-corrected chi connectivity index (χ3v) is 10.8. The molecule has 1 N–H and O–H groups in total. The molecule has 0 heterocycles. The van der Waals surface area contributed by atoms with Gasteiger partial charge in [0.2, 0.25) is 0 Å². The van der Waals surface area contributed by atoms with Crippen LogP contribution in [0.1, 0.15) is 98.3 Å². The summed E-state index contributed by atoms with van der Waals surface area (Å²) in [5.74, 6) is 4.83. The molecule has 0 radical (unpaired) electrons. The number of Topliss-reactive ketones (excluding diaryl/α,β-unsaturated/α-hetero) is 1. The molecule has 4 rings (SSSR count). The molecule has 0 unspecified atom stereocenters. The quantitative estimate of drug-likeness (QED) is 0.583. The van der Waals surface area contributed by atoms with Crippen molar-refractivity contribution in [2.75, 3.05) is 0 Å². The van der Waals surface area contributed by atoms with Crippen molar-refractivity contribution in [1.82, 2.24) is 0 Å². The number of fused-ring (bicyclic) bond motifs is 5. The Labute approximate surface area is 177 Å². The van der Waals surface area contributed by atoms with Gasteiger partial charge in [0.05, 0.1) is 0 Å². The first-order chi connectivity index (χ1) is 13.7. The van der Waals surface area contributed by atoms with E-state index in [-0.39, 0.29) is 0 Å². The standard InChI is InChI=1S/C26H42O3/c1-5-17-14-19-21-8-7-20(16(2)6-9-24(28)29)25(21,3)13-11-22(19)26(4)12-10-18(27)15-23(17)26/h16-17,19-23H,5-15H2,1-4H3,(H,28,29)/t16-,17+,19+,20-,21+,22+,23+,25-,26-/m1/s1. The molecule has 0 aromatic rings. The van der Waals surface area contributed by atoms with Crippen LogP contribution in [-0.4, -0.2) is 16.9 Å². The molecule has 4 fully saturated rings. The van der Waals surface area contributed by atoms with Crippen LogP contribution in [0, 0.1) is 52.3 Å². The van der Waals surface area contributed by atoms with Gasteiger partial charge in [-0.25, -0.2) is 0 Å². The van der Waals surface area contributed by atoms with Crippen molar-refractivity contribution in [3.8, 4) is 0 Å². The summed E-state index contributed by atoms with van der Waals surface area (Å²) in [6, 6.07) is 0. The van der Waals surface area contributed by atoms with E-state index < -0.39 is 5.97 Å². The van der Waals surface area contributed by atoms with Gasteiger partial charge in [-0.3, -0.25) is 9.59 Å². The van der Waals surface area contributed by atoms with E-state index in [9.17, 15) is 9.59 Å². The fraction of sp³-hybridized carbons (Fsp3) is 0.923. The highest BCUT2D eigenvalue weighted by Gasteiger charge is 2.62. The van der Waals surface area contributed by atoms with E-state index in [4.69, 9.17) is 5.11 Å². The van der Waals surface area contributed by atoms with Crippen LogP contribution in [0.3, 0.4) is 0 Å². The Hall–Kier alpha value is -0.860. The number of carbonyl (C=O) groups excluding carboxylic acids is 1. The van der Waals surface area contributed by atoms with E-state index >= 15 is 0 Å². The molecule has 9 atom stereocenters. The van der Waals surface area contributed by atoms with Crippen molar-refractivity contribution in [3.05, 3.63) is 0 Å². The summed E-state index contributed by atoms with van der Waals surface area (Å²) in [4.78, 5) is 23.4. The zero-order valence-corrected chi connectivity index (χ0v) is 19.1. The zero-order valence-electron chi connectivity index (χ0n) is 19.1. The first-order valence-electron chi connectivity index (χ1n) is 12.4. The van der Waals surface area contributed by atoms with E-state index in [0.717, 1.165) is 49.4 Å². The van der Waals surface area contributed by atoms with Gasteiger partial charge in [-0.1, -0.05) is 34.1 Å². The lowest BCUT2D eigenvalue weighted by atomic mass is 9.42. The minimum Gasteiger partial charge on any atom is -0.481 e. The number of hydrogen-bond acceptors (Lipinski definition) is 2. The average Bonchev–Trinajstić information content (AvgIpc) is 3.03. The van der Waals surface area contributed by atoms with Gasteiger partial charge >= 0.3 is 5.97 Å². The zero-order chi connectivity index (χ0) is 21.0. The lowest BCUT2D eigenvalue weighted by molar-refractivity contribution is -0.152. The maximum absolute atomic E-state index is 12.3. The van der Waals surface area contributed by atoms with E-state index in [1.54, 1.807) is 0 Å². The van der Waals surface area contributed by atoms with Gasteiger partial charge in [0.1, 0.15) is 5.78 Å². The normalized spacial score (nSPS) is 47.8. The largest absolute Gasteiger partial charge is 0.481 e. The molecule has 4 aliphatic rings. The molecule has 3 heteroatoms. The van der Waals surface area contributed by atoms with Crippen LogP contribution in [0.15, 0.2) is 0 Å². The maximum atomic E-state index is 12.3. The van der Waals surface area contributed by atoms with Crippen molar-refractivity contribution in [2.45, 2.75) is 98.3 Å². The highest BCUT2D eigenvalue weighted by molar-refractivity contribution is 5.79. The molecular formula is C26H42O3. The van der Waals surface area contributed by atoms with E-state index in [2.05, 4.69) is 27.7 Å². The molecule has 4 aliphatic carbocycles. The van der Waals surface area contributed by atoms with Crippen LogP contribution in [0.5, 0.6) is 0 Å². The number of ketones is 1. The molecule has 3 nitrogen and oxygen atoms in total. The highest BCUT2D eigenvalue weighted by Crippen LogP contribution is 2.69. The van der Waals surface area contributed by atoms with E-state index in [0.29, 0.717) is 40.8 Å². The minimum atomic E-state index is -0.649. The van der Waals surface area contributed by atoms with Crippen LogP contribution in [0.2, 0.25) is 0 Å². The maximum Gasteiger partial charge on any atom is 0.303 e. The van der Waals surface area contributed by atoms with Crippen molar-refractivity contribution in [2.24, 2.45) is 52.3 Å². The average molecular weight is 403 g/mol. The van der Waals surface area contributed by atoms with Gasteiger partial charge in [-0.05, 0) is 97.2 Å². The Bertz CT molecular complexity index is 656. The van der Waals surface area contributed by atoms with Crippen molar-refractivity contribution < 1.29 is 14.7 Å². The molecule has 0 aliphatic heterocycles. The number of carboxylic acid groups (broad SMARTS) is 1. The number of hydrogen-bond donors (Lipinski definition) is 1. The van der Waals surface area contributed by atoms with Gasteiger partial charge in [-0.15, -0.1) is 0 Å². The summed E-state index contributed by atoms with van der Waals surface area (Å²) in [7, 11) is 0. The molecule has 164 valence electrons. The summed E-state index contributed by atoms with van der Waals surface area (Å²) >= 11 is 0. The lowest BCUT2D eigenvalue weighted by Gasteiger charge is -2.62. The highest BCUT2D eigenvalue weighted by atomic mass is 16.4. The third-order valence-electron chi connectivity index (χ3n) is 10.8. The van der Waals surface area contributed by atoms with E-state index in [1.165, 1.54) is 38.5 Å². The number of carbonyl (C=O) groups is 2. The number of rotatable bonds is 5. The van der Waals surface area contributed by atoms with E-state index in [1.807, 2.05) is 0 Å². The number of carboxylic acids is 1. The molecule has 0 amide bonds. The molecule has 4 saturated carbocycles. The van der Waals surface area contributed by atoms with Gasteiger partial charge < -0.3 is 5.11 Å². The molecule has 0 saturated heterocycles. The lowest BCUT2D eigenvalue weighted by Crippen LogP contribution is -2.56. The van der Waals surface area contributed by atoms with Crippen LogP contribution in [-0.2, 0) is 9.59 Å². The number of aliphatic carboxylic acids is 1. The monoisotopic (exact) mass is 402 g/mol. The van der Waals surface area contributed by atoms with Crippen molar-refractivity contribution in [1.29, 1.82) is 0 Å². The molecular weight excluding hydrogens is 360 g/mol. The SMILES string of the molecule is CC[C@H]1C[C@@H]2[C@H](CC[C@]3(C)[C@@H]([C@H](C)CCC(=O)O)CC[C@@H]23)[C@@]2(C)CCC(=O)C[C@@H]12. The fourth-order valence-electron chi connectivity index (χ4n) is 9.27. The van der Waals surface area contributed by atoms with Gasteiger partial charge in [-0.2, -0.15) is 0 Å². The molecule has 0 bridgehead atoms. The Balaban J connectivity index is 1.57.